The number of anilines is 1. The molecule has 126 valence electrons. The van der Waals surface area contributed by atoms with Crippen molar-refractivity contribution in [3.05, 3.63) is 47.2 Å². The highest BCUT2D eigenvalue weighted by Crippen LogP contribution is 2.33. The van der Waals surface area contributed by atoms with Gasteiger partial charge in [0.1, 0.15) is 19.0 Å². The predicted molar refractivity (Wildman–Crippen MR) is 92.8 cm³/mol. The Morgan fingerprint density at radius 2 is 1.96 bits per heavy atom. The second-order valence-corrected chi connectivity index (χ2v) is 7.01. The van der Waals surface area contributed by atoms with Crippen LogP contribution in [0.5, 0.6) is 11.5 Å². The van der Waals surface area contributed by atoms with Gasteiger partial charge in [-0.3, -0.25) is 4.79 Å². The molecule has 0 aliphatic carbocycles. The standard InChI is InChI=1S/C17H15ClFNO3S/c1-10(24-12-3-4-14(19)13(18)9-12)17(21)20-11-2-5-15-16(8-11)23-7-6-22-15/h2-5,8-10H,6-7H2,1H3,(H,20,21). The molecule has 1 unspecified atom stereocenters. The van der Waals surface area contributed by atoms with Crippen LogP contribution < -0.4 is 14.8 Å². The average Bonchev–Trinajstić information content (AvgIpc) is 2.58. The molecule has 1 aliphatic rings. The van der Waals surface area contributed by atoms with Crippen molar-refractivity contribution in [1.82, 2.24) is 0 Å². The van der Waals surface area contributed by atoms with Gasteiger partial charge in [0.2, 0.25) is 5.91 Å². The molecular weight excluding hydrogens is 353 g/mol. The Bertz CT molecular complexity index is 771. The third kappa shape index (κ3) is 3.94. The highest BCUT2D eigenvalue weighted by Gasteiger charge is 2.17. The molecule has 0 bridgehead atoms. The van der Waals surface area contributed by atoms with Gasteiger partial charge in [-0.15, -0.1) is 11.8 Å². The lowest BCUT2D eigenvalue weighted by Gasteiger charge is -2.19. The number of amides is 1. The number of fused-ring (bicyclic) bond motifs is 1. The van der Waals surface area contributed by atoms with Gasteiger partial charge < -0.3 is 14.8 Å². The summed E-state index contributed by atoms with van der Waals surface area (Å²) in [6.45, 7) is 2.78. The summed E-state index contributed by atoms with van der Waals surface area (Å²) in [6.07, 6.45) is 0. The van der Waals surface area contributed by atoms with Gasteiger partial charge in [-0.1, -0.05) is 11.6 Å². The van der Waals surface area contributed by atoms with Crippen LogP contribution in [0.25, 0.3) is 0 Å². The van der Waals surface area contributed by atoms with E-state index in [1.165, 1.54) is 23.9 Å². The molecule has 1 heterocycles. The molecule has 1 N–H and O–H groups in total. The van der Waals surface area contributed by atoms with Gasteiger partial charge in [-0.05, 0) is 37.3 Å². The van der Waals surface area contributed by atoms with Gasteiger partial charge in [-0.25, -0.2) is 4.39 Å². The maximum Gasteiger partial charge on any atom is 0.237 e. The van der Waals surface area contributed by atoms with Gasteiger partial charge >= 0.3 is 0 Å². The van der Waals surface area contributed by atoms with Crippen molar-refractivity contribution in [2.75, 3.05) is 18.5 Å². The molecule has 3 rings (SSSR count). The van der Waals surface area contributed by atoms with Crippen LogP contribution in [0.3, 0.4) is 0 Å². The first-order chi connectivity index (χ1) is 11.5. The van der Waals surface area contributed by atoms with Crippen LogP contribution in [0.2, 0.25) is 5.02 Å². The molecule has 1 amide bonds. The number of ether oxygens (including phenoxy) is 2. The van der Waals surface area contributed by atoms with Crippen molar-refractivity contribution in [2.24, 2.45) is 0 Å². The summed E-state index contributed by atoms with van der Waals surface area (Å²) in [7, 11) is 0. The fourth-order valence-corrected chi connectivity index (χ4v) is 3.32. The zero-order valence-electron chi connectivity index (χ0n) is 12.8. The molecule has 4 nitrogen and oxygen atoms in total. The number of carbonyl (C=O) groups is 1. The van der Waals surface area contributed by atoms with Gasteiger partial charge in [0.05, 0.1) is 10.3 Å². The average molecular weight is 368 g/mol. The van der Waals surface area contributed by atoms with E-state index in [1.807, 2.05) is 0 Å². The third-order valence-electron chi connectivity index (χ3n) is 3.38. The summed E-state index contributed by atoms with van der Waals surface area (Å²) < 4.78 is 24.1. The van der Waals surface area contributed by atoms with E-state index in [1.54, 1.807) is 31.2 Å². The number of hydrogen-bond acceptors (Lipinski definition) is 4. The number of nitrogens with one attached hydrogen (secondary N) is 1. The van der Waals surface area contributed by atoms with E-state index in [9.17, 15) is 9.18 Å². The largest absolute Gasteiger partial charge is 0.486 e. The lowest BCUT2D eigenvalue weighted by Crippen LogP contribution is -2.22. The van der Waals surface area contributed by atoms with Gasteiger partial charge in [0.25, 0.3) is 0 Å². The Labute approximate surface area is 148 Å². The highest BCUT2D eigenvalue weighted by molar-refractivity contribution is 8.00. The van der Waals surface area contributed by atoms with Gasteiger partial charge in [0, 0.05) is 16.6 Å². The SMILES string of the molecule is CC(Sc1ccc(F)c(Cl)c1)C(=O)Nc1ccc2c(c1)OCCO2. The number of rotatable bonds is 4. The number of hydrogen-bond donors (Lipinski definition) is 1. The van der Waals surface area contributed by atoms with Crippen molar-refractivity contribution in [3.8, 4) is 11.5 Å². The normalized spacial score (nSPS) is 14.1. The number of benzene rings is 2. The first-order valence-corrected chi connectivity index (χ1v) is 8.61. The highest BCUT2D eigenvalue weighted by atomic mass is 35.5. The fourth-order valence-electron chi connectivity index (χ4n) is 2.17. The van der Waals surface area contributed by atoms with Crippen LogP contribution in [-0.4, -0.2) is 24.4 Å². The lowest BCUT2D eigenvalue weighted by molar-refractivity contribution is -0.115. The van der Waals surface area contributed by atoms with Crippen LogP contribution in [0.15, 0.2) is 41.3 Å². The monoisotopic (exact) mass is 367 g/mol. The number of halogens is 2. The predicted octanol–water partition coefficient (Wildman–Crippen LogP) is 4.37. The molecule has 0 spiro atoms. The second-order valence-electron chi connectivity index (χ2n) is 5.18. The Morgan fingerprint density at radius 3 is 2.71 bits per heavy atom. The van der Waals surface area contributed by atoms with Crippen molar-refractivity contribution in [3.63, 3.8) is 0 Å². The maximum absolute atomic E-state index is 13.2. The van der Waals surface area contributed by atoms with Crippen LogP contribution in [0, 0.1) is 5.82 Å². The Hall–Kier alpha value is -1.92. The van der Waals surface area contributed by atoms with Crippen LogP contribution in [0.4, 0.5) is 10.1 Å². The molecule has 0 saturated carbocycles. The zero-order chi connectivity index (χ0) is 17.1. The summed E-state index contributed by atoms with van der Waals surface area (Å²) in [5, 5.41) is 2.50. The summed E-state index contributed by atoms with van der Waals surface area (Å²) >= 11 is 7.06. The number of thioether (sulfide) groups is 1. The Morgan fingerprint density at radius 1 is 1.21 bits per heavy atom. The van der Waals surface area contributed by atoms with E-state index in [-0.39, 0.29) is 16.2 Å². The minimum Gasteiger partial charge on any atom is -0.486 e. The molecule has 2 aromatic rings. The first-order valence-electron chi connectivity index (χ1n) is 7.35. The molecule has 2 aromatic carbocycles. The van der Waals surface area contributed by atoms with Gasteiger partial charge in [0.15, 0.2) is 11.5 Å². The van der Waals surface area contributed by atoms with E-state index in [4.69, 9.17) is 21.1 Å². The van der Waals surface area contributed by atoms with Crippen LogP contribution in [-0.2, 0) is 4.79 Å². The molecule has 24 heavy (non-hydrogen) atoms. The molecule has 1 atom stereocenters. The molecule has 1 aliphatic heterocycles. The van der Waals surface area contributed by atoms with Crippen molar-refractivity contribution >= 4 is 35.0 Å². The molecule has 0 radical (unpaired) electrons. The topological polar surface area (TPSA) is 47.6 Å². The van der Waals surface area contributed by atoms with Crippen molar-refractivity contribution < 1.29 is 18.7 Å². The van der Waals surface area contributed by atoms with E-state index in [0.717, 1.165) is 4.90 Å². The smallest absolute Gasteiger partial charge is 0.237 e. The first kappa shape index (κ1) is 16.9. The van der Waals surface area contributed by atoms with Crippen LogP contribution >= 0.6 is 23.4 Å². The minimum absolute atomic E-state index is 0.0412. The minimum atomic E-state index is -0.477. The summed E-state index contributed by atoms with van der Waals surface area (Å²) in [4.78, 5) is 13.1. The summed E-state index contributed by atoms with van der Waals surface area (Å²) in [5.74, 6) is 0.638. The summed E-state index contributed by atoms with van der Waals surface area (Å²) in [6, 6.07) is 9.66. The molecule has 0 aromatic heterocycles. The van der Waals surface area contributed by atoms with E-state index in [2.05, 4.69) is 5.32 Å². The van der Waals surface area contributed by atoms with E-state index < -0.39 is 5.82 Å². The second kappa shape index (κ2) is 7.32. The van der Waals surface area contributed by atoms with Crippen LogP contribution in [0.1, 0.15) is 6.92 Å². The number of carbonyl (C=O) groups excluding carboxylic acids is 1. The molecule has 0 saturated heterocycles. The third-order valence-corrected chi connectivity index (χ3v) is 4.77. The van der Waals surface area contributed by atoms with E-state index >= 15 is 0 Å². The lowest BCUT2D eigenvalue weighted by atomic mass is 10.2. The zero-order valence-corrected chi connectivity index (χ0v) is 14.4. The maximum atomic E-state index is 13.2. The molecule has 7 heteroatoms. The molecular formula is C17H15ClFNO3S. The quantitative estimate of drug-likeness (QED) is 0.815. The Balaban J connectivity index is 1.64. The van der Waals surface area contributed by atoms with Gasteiger partial charge in [-0.2, -0.15) is 0 Å². The fraction of sp³-hybridized carbons (Fsp3) is 0.235. The van der Waals surface area contributed by atoms with Crippen molar-refractivity contribution in [2.45, 2.75) is 17.1 Å². The molecule has 0 fully saturated rings. The summed E-state index contributed by atoms with van der Waals surface area (Å²) in [5.41, 5.74) is 0.633. The van der Waals surface area contributed by atoms with E-state index in [0.29, 0.717) is 30.4 Å². The Kier molecular flexibility index (Phi) is 5.16. The van der Waals surface area contributed by atoms with Crippen molar-refractivity contribution in [1.29, 1.82) is 0 Å².